The lowest BCUT2D eigenvalue weighted by molar-refractivity contribution is 0.443. The summed E-state index contributed by atoms with van der Waals surface area (Å²) in [5.74, 6) is 2.12. The summed E-state index contributed by atoms with van der Waals surface area (Å²) >= 11 is 0. The Hall–Kier alpha value is -0.0400. The molecule has 1 fully saturated rings. The van der Waals surface area contributed by atoms with Crippen LogP contribution in [0.15, 0.2) is 0 Å². The largest absolute Gasteiger partial charge is 0.320 e. The summed E-state index contributed by atoms with van der Waals surface area (Å²) < 4.78 is 0. The van der Waals surface area contributed by atoms with Gasteiger partial charge in [-0.05, 0) is 44.7 Å². The summed E-state index contributed by atoms with van der Waals surface area (Å²) in [6, 6.07) is 0. The van der Waals surface area contributed by atoms with E-state index < -0.39 is 0 Å². The van der Waals surface area contributed by atoms with Gasteiger partial charge in [-0.3, -0.25) is 0 Å². The fourth-order valence-electron chi connectivity index (χ4n) is 2.38. The average Bonchev–Trinajstić information content (AvgIpc) is 2.53. The van der Waals surface area contributed by atoms with Crippen molar-refractivity contribution >= 4 is 0 Å². The first-order valence-corrected chi connectivity index (χ1v) is 5.51. The molecule has 1 rings (SSSR count). The Kier molecular flexibility index (Phi) is 4.67. The average molecular weight is 169 g/mol. The van der Waals surface area contributed by atoms with Crippen molar-refractivity contribution in [2.75, 3.05) is 13.6 Å². The molecule has 12 heavy (non-hydrogen) atoms. The highest BCUT2D eigenvalue weighted by Crippen LogP contribution is 2.35. The first kappa shape index (κ1) is 10.0. The Labute approximate surface area is 76.9 Å². The summed E-state index contributed by atoms with van der Waals surface area (Å²) in [6.07, 6.45) is 8.75. The molecule has 0 aromatic heterocycles. The monoisotopic (exact) mass is 169 g/mol. The molecule has 0 heterocycles. The topological polar surface area (TPSA) is 12.0 Å². The molecule has 0 amide bonds. The highest BCUT2D eigenvalue weighted by molar-refractivity contribution is 4.74. The van der Waals surface area contributed by atoms with Gasteiger partial charge in [-0.1, -0.05) is 26.2 Å². The standard InChI is InChI=1S/C11H23N/c1-3-10-6-7-11(9-10)5-4-8-12-2/h10-12H,3-9H2,1-2H3. The van der Waals surface area contributed by atoms with E-state index in [4.69, 9.17) is 0 Å². The van der Waals surface area contributed by atoms with Crippen LogP contribution in [0.4, 0.5) is 0 Å². The van der Waals surface area contributed by atoms with E-state index >= 15 is 0 Å². The summed E-state index contributed by atoms with van der Waals surface area (Å²) in [7, 11) is 2.05. The van der Waals surface area contributed by atoms with Crippen molar-refractivity contribution in [1.82, 2.24) is 5.32 Å². The Morgan fingerprint density at radius 2 is 2.00 bits per heavy atom. The Bertz CT molecular complexity index is 112. The van der Waals surface area contributed by atoms with Gasteiger partial charge < -0.3 is 5.32 Å². The second-order valence-corrected chi connectivity index (χ2v) is 4.20. The lowest BCUT2D eigenvalue weighted by atomic mass is 9.99. The van der Waals surface area contributed by atoms with Crippen LogP contribution in [-0.2, 0) is 0 Å². The van der Waals surface area contributed by atoms with E-state index in [9.17, 15) is 0 Å². The van der Waals surface area contributed by atoms with Crippen molar-refractivity contribution in [2.24, 2.45) is 11.8 Å². The van der Waals surface area contributed by atoms with E-state index in [-0.39, 0.29) is 0 Å². The molecule has 0 aromatic carbocycles. The van der Waals surface area contributed by atoms with Gasteiger partial charge in [0, 0.05) is 0 Å². The predicted molar refractivity (Wildman–Crippen MR) is 54.3 cm³/mol. The lowest BCUT2D eigenvalue weighted by Crippen LogP contribution is -2.09. The van der Waals surface area contributed by atoms with Crippen LogP contribution in [0.5, 0.6) is 0 Å². The molecule has 0 bridgehead atoms. The quantitative estimate of drug-likeness (QED) is 0.624. The van der Waals surface area contributed by atoms with Crippen molar-refractivity contribution in [3.63, 3.8) is 0 Å². The van der Waals surface area contributed by atoms with Crippen LogP contribution in [-0.4, -0.2) is 13.6 Å². The molecule has 1 N–H and O–H groups in total. The van der Waals surface area contributed by atoms with Gasteiger partial charge in [-0.25, -0.2) is 0 Å². The van der Waals surface area contributed by atoms with Crippen molar-refractivity contribution < 1.29 is 0 Å². The minimum Gasteiger partial charge on any atom is -0.320 e. The third-order valence-corrected chi connectivity index (χ3v) is 3.27. The van der Waals surface area contributed by atoms with Crippen LogP contribution in [0, 0.1) is 11.8 Å². The summed E-state index contributed by atoms with van der Waals surface area (Å²) in [5, 5.41) is 3.22. The number of rotatable bonds is 5. The van der Waals surface area contributed by atoms with E-state index in [2.05, 4.69) is 12.2 Å². The number of hydrogen-bond donors (Lipinski definition) is 1. The van der Waals surface area contributed by atoms with Crippen LogP contribution in [0.2, 0.25) is 0 Å². The Morgan fingerprint density at radius 3 is 2.58 bits per heavy atom. The summed E-state index contributed by atoms with van der Waals surface area (Å²) in [6.45, 7) is 3.54. The van der Waals surface area contributed by atoms with Gasteiger partial charge in [-0.15, -0.1) is 0 Å². The molecule has 0 radical (unpaired) electrons. The third kappa shape index (κ3) is 3.14. The zero-order chi connectivity index (χ0) is 8.81. The first-order chi connectivity index (χ1) is 5.86. The molecule has 1 aliphatic carbocycles. The van der Waals surface area contributed by atoms with Crippen LogP contribution in [0.3, 0.4) is 0 Å². The molecule has 0 spiro atoms. The smallest absolute Gasteiger partial charge is 0.00518 e. The maximum Gasteiger partial charge on any atom is -0.00518 e. The van der Waals surface area contributed by atoms with E-state index in [1.165, 1.54) is 45.1 Å². The van der Waals surface area contributed by atoms with Crippen molar-refractivity contribution in [3.8, 4) is 0 Å². The van der Waals surface area contributed by atoms with Gasteiger partial charge in [-0.2, -0.15) is 0 Å². The minimum atomic E-state index is 1.06. The van der Waals surface area contributed by atoms with Gasteiger partial charge in [0.1, 0.15) is 0 Å². The van der Waals surface area contributed by atoms with Gasteiger partial charge in [0.2, 0.25) is 0 Å². The zero-order valence-electron chi connectivity index (χ0n) is 8.60. The number of hydrogen-bond acceptors (Lipinski definition) is 1. The maximum absolute atomic E-state index is 3.22. The molecule has 1 saturated carbocycles. The fourth-order valence-corrected chi connectivity index (χ4v) is 2.38. The zero-order valence-corrected chi connectivity index (χ0v) is 8.60. The van der Waals surface area contributed by atoms with Crippen molar-refractivity contribution in [3.05, 3.63) is 0 Å². The van der Waals surface area contributed by atoms with E-state index in [1.54, 1.807) is 0 Å². The van der Waals surface area contributed by atoms with Gasteiger partial charge in [0.25, 0.3) is 0 Å². The highest BCUT2D eigenvalue weighted by Gasteiger charge is 2.22. The van der Waals surface area contributed by atoms with Crippen molar-refractivity contribution in [1.29, 1.82) is 0 Å². The molecule has 1 heteroatoms. The van der Waals surface area contributed by atoms with Gasteiger partial charge in [0.15, 0.2) is 0 Å². The molecular formula is C11H23N. The summed E-state index contributed by atoms with van der Waals surface area (Å²) in [5.41, 5.74) is 0. The molecule has 2 unspecified atom stereocenters. The lowest BCUT2D eigenvalue weighted by Gasteiger charge is -2.09. The molecule has 1 aliphatic rings. The van der Waals surface area contributed by atoms with Crippen LogP contribution < -0.4 is 5.32 Å². The Morgan fingerprint density at radius 1 is 1.25 bits per heavy atom. The third-order valence-electron chi connectivity index (χ3n) is 3.27. The summed E-state index contributed by atoms with van der Waals surface area (Å²) in [4.78, 5) is 0. The van der Waals surface area contributed by atoms with E-state index in [0.717, 1.165) is 11.8 Å². The normalized spacial score (nSPS) is 29.5. The second-order valence-electron chi connectivity index (χ2n) is 4.20. The van der Waals surface area contributed by atoms with Gasteiger partial charge >= 0.3 is 0 Å². The molecule has 0 aromatic rings. The maximum atomic E-state index is 3.22. The van der Waals surface area contributed by atoms with Crippen LogP contribution in [0.25, 0.3) is 0 Å². The first-order valence-electron chi connectivity index (χ1n) is 5.51. The minimum absolute atomic E-state index is 1.06. The molecule has 0 aliphatic heterocycles. The molecule has 72 valence electrons. The molecule has 1 nitrogen and oxygen atoms in total. The Balaban J connectivity index is 2.03. The molecular weight excluding hydrogens is 146 g/mol. The highest BCUT2D eigenvalue weighted by atomic mass is 14.8. The molecule has 0 saturated heterocycles. The molecule has 2 atom stereocenters. The van der Waals surface area contributed by atoms with Gasteiger partial charge in [0.05, 0.1) is 0 Å². The van der Waals surface area contributed by atoms with Crippen LogP contribution >= 0.6 is 0 Å². The van der Waals surface area contributed by atoms with Crippen LogP contribution in [0.1, 0.15) is 45.4 Å². The second kappa shape index (κ2) is 5.58. The van der Waals surface area contributed by atoms with Crippen molar-refractivity contribution in [2.45, 2.75) is 45.4 Å². The van der Waals surface area contributed by atoms with E-state index in [0.29, 0.717) is 0 Å². The SMILES string of the molecule is CCC1CCC(CCCNC)C1. The predicted octanol–water partition coefficient (Wildman–Crippen LogP) is 2.81. The van der Waals surface area contributed by atoms with E-state index in [1.807, 2.05) is 7.05 Å². The number of nitrogens with one attached hydrogen (secondary N) is 1. The fraction of sp³-hybridized carbons (Fsp3) is 1.00.